The number of hydrogen-bond donors (Lipinski definition) is 0. The third-order valence-electron chi connectivity index (χ3n) is 1.84. The van der Waals surface area contributed by atoms with Crippen molar-refractivity contribution in [2.45, 2.75) is 52.9 Å². The van der Waals surface area contributed by atoms with Crippen molar-refractivity contribution >= 4 is 0 Å². The summed E-state index contributed by atoms with van der Waals surface area (Å²) >= 11 is 0. The first kappa shape index (κ1) is 9.74. The van der Waals surface area contributed by atoms with E-state index in [1.807, 2.05) is 13.8 Å². The highest BCUT2D eigenvalue weighted by molar-refractivity contribution is 5.03. The van der Waals surface area contributed by atoms with Crippen LogP contribution in [0.2, 0.25) is 0 Å². The summed E-state index contributed by atoms with van der Waals surface area (Å²) in [5.41, 5.74) is 1.68. The van der Waals surface area contributed by atoms with Crippen molar-refractivity contribution in [3.8, 4) is 0 Å². The summed E-state index contributed by atoms with van der Waals surface area (Å²) in [7, 11) is 0. The van der Waals surface area contributed by atoms with Crippen LogP contribution in [0.5, 0.6) is 0 Å². The van der Waals surface area contributed by atoms with Crippen molar-refractivity contribution in [1.82, 2.24) is 0 Å². The normalized spacial score (nSPS) is 16.9. The van der Waals surface area contributed by atoms with Crippen molar-refractivity contribution in [3.63, 3.8) is 0 Å². The van der Waals surface area contributed by atoms with Gasteiger partial charge in [-0.25, -0.2) is 0 Å². The lowest BCUT2D eigenvalue weighted by Gasteiger charge is -2.08. The summed E-state index contributed by atoms with van der Waals surface area (Å²) in [5, 5.41) is 0. The predicted octanol–water partition coefficient (Wildman–Crippen LogP) is 3.92. The molecule has 1 aliphatic carbocycles. The molecule has 1 aliphatic rings. The molecule has 0 aromatic rings. The number of rotatable bonds is 1. The van der Waals surface area contributed by atoms with Gasteiger partial charge >= 0.3 is 0 Å². The van der Waals surface area contributed by atoms with Crippen LogP contribution in [0, 0.1) is 0 Å². The Labute approximate surface area is 65.3 Å². The Morgan fingerprint density at radius 2 is 2.00 bits per heavy atom. The lowest BCUT2D eigenvalue weighted by Crippen LogP contribution is -1.88. The molecule has 1 rings (SSSR count). The summed E-state index contributed by atoms with van der Waals surface area (Å²) in [6.45, 7) is 6.25. The van der Waals surface area contributed by atoms with Crippen LogP contribution in [0.3, 0.4) is 0 Å². The Morgan fingerprint density at radius 3 is 2.30 bits per heavy atom. The Balaban J connectivity index is 0.000000371. The lowest BCUT2D eigenvalue weighted by molar-refractivity contribution is 0.684. The fourth-order valence-electron chi connectivity index (χ4n) is 1.23. The molecule has 0 amide bonds. The molecule has 0 aromatic heterocycles. The largest absolute Gasteiger partial charge is 0.0853 e. The SMILES string of the molecule is CC.CCC1=CCCCC1. The average molecular weight is 140 g/mol. The van der Waals surface area contributed by atoms with Gasteiger partial charge in [-0.1, -0.05) is 32.4 Å². The van der Waals surface area contributed by atoms with E-state index in [0.717, 1.165) is 0 Å². The third kappa shape index (κ3) is 3.71. The third-order valence-corrected chi connectivity index (χ3v) is 1.84. The van der Waals surface area contributed by atoms with Crippen LogP contribution in [0.1, 0.15) is 52.9 Å². The van der Waals surface area contributed by atoms with Gasteiger partial charge in [0.15, 0.2) is 0 Å². The van der Waals surface area contributed by atoms with E-state index in [2.05, 4.69) is 13.0 Å². The van der Waals surface area contributed by atoms with Gasteiger partial charge in [0.1, 0.15) is 0 Å². The minimum absolute atomic E-state index is 1.28. The van der Waals surface area contributed by atoms with E-state index in [-0.39, 0.29) is 0 Å². The van der Waals surface area contributed by atoms with Gasteiger partial charge in [0, 0.05) is 0 Å². The van der Waals surface area contributed by atoms with Gasteiger partial charge in [-0.2, -0.15) is 0 Å². The van der Waals surface area contributed by atoms with Gasteiger partial charge in [-0.05, 0) is 32.1 Å². The average Bonchev–Trinajstić information content (AvgIpc) is 2.10. The predicted molar refractivity (Wildman–Crippen MR) is 48.2 cm³/mol. The van der Waals surface area contributed by atoms with Gasteiger partial charge in [0.05, 0.1) is 0 Å². The maximum atomic E-state index is 2.41. The van der Waals surface area contributed by atoms with Crippen LogP contribution < -0.4 is 0 Å². The second-order valence-corrected chi connectivity index (χ2v) is 2.46. The molecule has 0 spiro atoms. The Morgan fingerprint density at radius 1 is 1.30 bits per heavy atom. The quantitative estimate of drug-likeness (QED) is 0.484. The van der Waals surface area contributed by atoms with Gasteiger partial charge in [-0.15, -0.1) is 0 Å². The molecule has 0 atom stereocenters. The summed E-state index contributed by atoms with van der Waals surface area (Å²) in [6, 6.07) is 0. The molecule has 60 valence electrons. The zero-order valence-electron chi connectivity index (χ0n) is 7.61. The van der Waals surface area contributed by atoms with Crippen LogP contribution in [-0.4, -0.2) is 0 Å². The van der Waals surface area contributed by atoms with E-state index in [9.17, 15) is 0 Å². The first-order valence-electron chi connectivity index (χ1n) is 4.61. The maximum absolute atomic E-state index is 2.41. The van der Waals surface area contributed by atoms with Gasteiger partial charge in [-0.3, -0.25) is 0 Å². The van der Waals surface area contributed by atoms with Crippen LogP contribution in [0.25, 0.3) is 0 Å². The van der Waals surface area contributed by atoms with Crippen LogP contribution >= 0.6 is 0 Å². The molecule has 0 aliphatic heterocycles. The Bertz CT molecular complexity index is 90.2. The van der Waals surface area contributed by atoms with Crippen molar-refractivity contribution < 1.29 is 0 Å². The van der Waals surface area contributed by atoms with E-state index in [1.165, 1.54) is 32.1 Å². The standard InChI is InChI=1S/C8H14.C2H6/c1-2-8-6-4-3-5-7-8;1-2/h6H,2-5,7H2,1H3;1-2H3. The lowest BCUT2D eigenvalue weighted by atomic mass is 9.98. The molecule has 0 heterocycles. The van der Waals surface area contributed by atoms with Crippen LogP contribution in [-0.2, 0) is 0 Å². The monoisotopic (exact) mass is 140 g/mol. The molecular weight excluding hydrogens is 120 g/mol. The molecule has 0 unspecified atom stereocenters. The maximum Gasteiger partial charge on any atom is -0.0320 e. The molecule has 0 saturated heterocycles. The smallest absolute Gasteiger partial charge is 0.0320 e. The minimum Gasteiger partial charge on any atom is -0.0853 e. The van der Waals surface area contributed by atoms with Gasteiger partial charge in [0.25, 0.3) is 0 Å². The molecule has 0 N–H and O–H groups in total. The molecule has 0 radical (unpaired) electrons. The van der Waals surface area contributed by atoms with E-state index in [0.29, 0.717) is 0 Å². The van der Waals surface area contributed by atoms with E-state index in [4.69, 9.17) is 0 Å². The summed E-state index contributed by atoms with van der Waals surface area (Å²) in [6.07, 6.45) is 9.24. The van der Waals surface area contributed by atoms with Crippen molar-refractivity contribution in [3.05, 3.63) is 11.6 Å². The van der Waals surface area contributed by atoms with E-state index >= 15 is 0 Å². The zero-order valence-corrected chi connectivity index (χ0v) is 7.61. The molecule has 0 fully saturated rings. The molecule has 10 heavy (non-hydrogen) atoms. The minimum atomic E-state index is 1.28. The first-order valence-corrected chi connectivity index (χ1v) is 4.61. The molecule has 0 saturated carbocycles. The Hall–Kier alpha value is -0.260. The highest BCUT2D eigenvalue weighted by atomic mass is 14.0. The van der Waals surface area contributed by atoms with Crippen molar-refractivity contribution in [2.75, 3.05) is 0 Å². The summed E-state index contributed by atoms with van der Waals surface area (Å²) in [4.78, 5) is 0. The van der Waals surface area contributed by atoms with Crippen molar-refractivity contribution in [2.24, 2.45) is 0 Å². The molecular formula is C10H20. The summed E-state index contributed by atoms with van der Waals surface area (Å²) < 4.78 is 0. The van der Waals surface area contributed by atoms with Crippen LogP contribution in [0.4, 0.5) is 0 Å². The molecule has 0 aromatic carbocycles. The summed E-state index contributed by atoms with van der Waals surface area (Å²) in [5.74, 6) is 0. The second-order valence-electron chi connectivity index (χ2n) is 2.46. The van der Waals surface area contributed by atoms with Gasteiger partial charge < -0.3 is 0 Å². The topological polar surface area (TPSA) is 0 Å². The molecule has 0 bridgehead atoms. The highest BCUT2D eigenvalue weighted by Gasteiger charge is 1.98. The van der Waals surface area contributed by atoms with E-state index in [1.54, 1.807) is 5.57 Å². The molecule has 0 heteroatoms. The highest BCUT2D eigenvalue weighted by Crippen LogP contribution is 2.18. The fraction of sp³-hybridized carbons (Fsp3) is 0.800. The van der Waals surface area contributed by atoms with Crippen LogP contribution in [0.15, 0.2) is 11.6 Å². The van der Waals surface area contributed by atoms with Gasteiger partial charge in [0.2, 0.25) is 0 Å². The second kappa shape index (κ2) is 6.85. The molecule has 0 nitrogen and oxygen atoms in total. The zero-order chi connectivity index (χ0) is 7.82. The van der Waals surface area contributed by atoms with E-state index < -0.39 is 0 Å². The number of allylic oxidation sites excluding steroid dienone is 2. The number of hydrogen-bond acceptors (Lipinski definition) is 0. The first-order chi connectivity index (χ1) is 4.93. The Kier molecular flexibility index (Phi) is 6.68. The fourth-order valence-corrected chi connectivity index (χ4v) is 1.23. The van der Waals surface area contributed by atoms with Crippen molar-refractivity contribution in [1.29, 1.82) is 0 Å².